The molecular weight excluding hydrogens is 430 g/mol. The summed E-state index contributed by atoms with van der Waals surface area (Å²) in [6, 6.07) is 12.0. The lowest BCUT2D eigenvalue weighted by Crippen LogP contribution is -2.19. The second kappa shape index (κ2) is 9.73. The van der Waals surface area contributed by atoms with Crippen LogP contribution in [0, 0.1) is 34.1 Å². The number of hydrazone groups is 1. The number of nitrogens with zero attached hydrogens (tertiary/aromatic N) is 4. The van der Waals surface area contributed by atoms with Gasteiger partial charge in [-0.05, 0) is 31.5 Å². The van der Waals surface area contributed by atoms with Crippen LogP contribution in [0.5, 0.6) is 5.75 Å². The van der Waals surface area contributed by atoms with Crippen LogP contribution in [-0.4, -0.2) is 33.6 Å². The van der Waals surface area contributed by atoms with Gasteiger partial charge in [0, 0.05) is 35.2 Å². The number of carbonyl (C=O) groups is 1. The molecule has 1 N–H and O–H groups in total. The number of nitrogens with one attached hydrogen (secondary N) is 1. The molecule has 170 valence electrons. The smallest absolute Gasteiger partial charge is 0.273 e. The van der Waals surface area contributed by atoms with Gasteiger partial charge in [0.05, 0.1) is 41.3 Å². The Morgan fingerprint density at radius 3 is 2.30 bits per heavy atom. The number of non-ortho nitro benzene ring substituents is 2. The van der Waals surface area contributed by atoms with Crippen molar-refractivity contribution in [1.82, 2.24) is 9.99 Å². The van der Waals surface area contributed by atoms with Gasteiger partial charge in [-0.15, -0.1) is 0 Å². The SMILES string of the molecule is COc1cc([N+](=O)[O-])ccc1-n1c(C)cc(/C=N\NC(=O)Cc2ccc([N+](=O)[O-])cc2)c1C. The minimum Gasteiger partial charge on any atom is -0.494 e. The van der Waals surface area contributed by atoms with Crippen LogP contribution in [0.2, 0.25) is 0 Å². The van der Waals surface area contributed by atoms with Gasteiger partial charge < -0.3 is 9.30 Å². The van der Waals surface area contributed by atoms with Crippen LogP contribution in [-0.2, 0) is 11.2 Å². The minimum atomic E-state index is -0.503. The molecular formula is C22H21N5O6. The van der Waals surface area contributed by atoms with Crippen molar-refractivity contribution in [3.63, 3.8) is 0 Å². The number of amides is 1. The van der Waals surface area contributed by atoms with Gasteiger partial charge >= 0.3 is 0 Å². The maximum atomic E-state index is 12.1. The van der Waals surface area contributed by atoms with Crippen LogP contribution in [0.4, 0.5) is 11.4 Å². The Morgan fingerprint density at radius 1 is 1.06 bits per heavy atom. The fourth-order valence-electron chi connectivity index (χ4n) is 3.39. The van der Waals surface area contributed by atoms with Crippen LogP contribution in [0.25, 0.3) is 5.69 Å². The highest BCUT2D eigenvalue weighted by molar-refractivity contribution is 5.85. The van der Waals surface area contributed by atoms with Crippen molar-refractivity contribution in [2.24, 2.45) is 5.10 Å². The third-order valence-corrected chi connectivity index (χ3v) is 4.99. The lowest BCUT2D eigenvalue weighted by Gasteiger charge is -2.13. The highest BCUT2D eigenvalue weighted by Gasteiger charge is 2.17. The maximum Gasteiger partial charge on any atom is 0.273 e. The molecule has 0 unspecified atom stereocenters. The van der Waals surface area contributed by atoms with E-state index in [-0.39, 0.29) is 23.7 Å². The standard InChI is InChI=1S/C22H21N5O6/c1-14-10-17(13-23-24-22(28)11-16-4-6-18(7-5-16)26(29)30)15(2)25(14)20-9-8-19(27(31)32)12-21(20)33-3/h4-10,12-13H,11H2,1-3H3,(H,24,28)/b23-13-. The fraction of sp³-hybridized carbons (Fsp3) is 0.182. The molecule has 0 saturated heterocycles. The normalized spacial score (nSPS) is 10.9. The summed E-state index contributed by atoms with van der Waals surface area (Å²) in [7, 11) is 1.44. The molecule has 1 amide bonds. The molecule has 11 heteroatoms. The molecule has 3 aromatic rings. The highest BCUT2D eigenvalue weighted by Crippen LogP contribution is 2.31. The number of aromatic nitrogens is 1. The number of carbonyl (C=O) groups excluding carboxylic acids is 1. The van der Waals surface area contributed by atoms with E-state index in [1.165, 1.54) is 49.7 Å². The lowest BCUT2D eigenvalue weighted by molar-refractivity contribution is -0.385. The third kappa shape index (κ3) is 5.21. The lowest BCUT2D eigenvalue weighted by atomic mass is 10.1. The number of methoxy groups -OCH3 is 1. The Morgan fingerprint density at radius 2 is 1.70 bits per heavy atom. The Hall–Kier alpha value is -4.54. The van der Waals surface area contributed by atoms with E-state index >= 15 is 0 Å². The van der Waals surface area contributed by atoms with E-state index < -0.39 is 9.85 Å². The number of aryl methyl sites for hydroxylation is 1. The number of ether oxygens (including phenoxy) is 1. The van der Waals surface area contributed by atoms with Crippen LogP contribution < -0.4 is 10.2 Å². The predicted octanol–water partition coefficient (Wildman–Crippen LogP) is 3.61. The summed E-state index contributed by atoms with van der Waals surface area (Å²) < 4.78 is 7.22. The van der Waals surface area contributed by atoms with Gasteiger partial charge in [0.15, 0.2) is 0 Å². The van der Waals surface area contributed by atoms with Gasteiger partial charge in [0.2, 0.25) is 5.91 Å². The van der Waals surface area contributed by atoms with E-state index in [0.717, 1.165) is 17.0 Å². The molecule has 0 fully saturated rings. The number of benzene rings is 2. The van der Waals surface area contributed by atoms with Crippen LogP contribution in [0.15, 0.2) is 53.6 Å². The Balaban J connectivity index is 1.74. The zero-order valence-corrected chi connectivity index (χ0v) is 18.1. The molecule has 1 heterocycles. The zero-order chi connectivity index (χ0) is 24.1. The second-order valence-corrected chi connectivity index (χ2v) is 7.17. The molecule has 0 aliphatic heterocycles. The van der Waals surface area contributed by atoms with Gasteiger partial charge in [-0.3, -0.25) is 25.0 Å². The number of hydrogen-bond donors (Lipinski definition) is 1. The van der Waals surface area contributed by atoms with Crippen LogP contribution >= 0.6 is 0 Å². The molecule has 0 spiro atoms. The molecule has 0 radical (unpaired) electrons. The Bertz CT molecular complexity index is 1250. The summed E-state index contributed by atoms with van der Waals surface area (Å²) in [5.74, 6) is -0.0168. The molecule has 0 aliphatic rings. The van der Waals surface area contributed by atoms with E-state index in [9.17, 15) is 25.0 Å². The highest BCUT2D eigenvalue weighted by atomic mass is 16.6. The summed E-state index contributed by atoms with van der Waals surface area (Å²) >= 11 is 0. The predicted molar refractivity (Wildman–Crippen MR) is 121 cm³/mol. The third-order valence-electron chi connectivity index (χ3n) is 4.99. The average Bonchev–Trinajstić information content (AvgIpc) is 3.06. The summed E-state index contributed by atoms with van der Waals surface area (Å²) in [6.45, 7) is 3.73. The largest absolute Gasteiger partial charge is 0.494 e. The first-order chi connectivity index (χ1) is 15.7. The van der Waals surface area contributed by atoms with Crippen molar-refractivity contribution in [3.8, 4) is 11.4 Å². The summed E-state index contributed by atoms with van der Waals surface area (Å²) in [4.78, 5) is 32.9. The number of hydrogen-bond acceptors (Lipinski definition) is 7. The minimum absolute atomic E-state index is 0.0222. The number of nitro groups is 2. The van der Waals surface area contributed by atoms with Crippen molar-refractivity contribution in [3.05, 3.63) is 91.3 Å². The van der Waals surface area contributed by atoms with Crippen molar-refractivity contribution in [2.75, 3.05) is 7.11 Å². The van der Waals surface area contributed by atoms with E-state index in [4.69, 9.17) is 4.74 Å². The van der Waals surface area contributed by atoms with E-state index in [1.807, 2.05) is 24.5 Å². The Labute approximate surface area is 188 Å². The molecule has 11 nitrogen and oxygen atoms in total. The van der Waals surface area contributed by atoms with Gasteiger partial charge in [-0.25, -0.2) is 5.43 Å². The van der Waals surface area contributed by atoms with Crippen LogP contribution in [0.3, 0.4) is 0 Å². The van der Waals surface area contributed by atoms with E-state index in [1.54, 1.807) is 6.07 Å². The summed E-state index contributed by atoms with van der Waals surface area (Å²) in [5.41, 5.74) is 5.97. The monoisotopic (exact) mass is 451 g/mol. The zero-order valence-electron chi connectivity index (χ0n) is 18.1. The molecule has 0 saturated carbocycles. The summed E-state index contributed by atoms with van der Waals surface area (Å²) in [6.07, 6.45) is 1.53. The van der Waals surface area contributed by atoms with E-state index in [2.05, 4.69) is 10.5 Å². The first kappa shape index (κ1) is 23.1. The molecule has 0 bridgehead atoms. The van der Waals surface area contributed by atoms with Crippen molar-refractivity contribution < 1.29 is 19.4 Å². The Kier molecular flexibility index (Phi) is 6.82. The van der Waals surface area contributed by atoms with Gasteiger partial charge in [-0.2, -0.15) is 5.10 Å². The van der Waals surface area contributed by atoms with Crippen molar-refractivity contribution >= 4 is 23.5 Å². The molecule has 33 heavy (non-hydrogen) atoms. The number of nitro benzene ring substituents is 2. The maximum absolute atomic E-state index is 12.1. The molecule has 3 rings (SSSR count). The van der Waals surface area contributed by atoms with Crippen molar-refractivity contribution in [2.45, 2.75) is 20.3 Å². The quantitative estimate of drug-likeness (QED) is 0.315. The second-order valence-electron chi connectivity index (χ2n) is 7.17. The fourth-order valence-corrected chi connectivity index (χ4v) is 3.39. The molecule has 1 aromatic heterocycles. The molecule has 0 atom stereocenters. The van der Waals surface area contributed by atoms with Gasteiger partial charge in [0.25, 0.3) is 11.4 Å². The van der Waals surface area contributed by atoms with Crippen LogP contribution in [0.1, 0.15) is 22.5 Å². The van der Waals surface area contributed by atoms with Crippen molar-refractivity contribution in [1.29, 1.82) is 0 Å². The van der Waals surface area contributed by atoms with E-state index in [0.29, 0.717) is 17.0 Å². The first-order valence-electron chi connectivity index (χ1n) is 9.78. The first-order valence-corrected chi connectivity index (χ1v) is 9.78. The average molecular weight is 451 g/mol. The molecule has 0 aliphatic carbocycles. The van der Waals surface area contributed by atoms with Gasteiger partial charge in [0.1, 0.15) is 5.75 Å². The molecule has 2 aromatic carbocycles. The van der Waals surface area contributed by atoms with Gasteiger partial charge in [-0.1, -0.05) is 12.1 Å². The summed E-state index contributed by atoms with van der Waals surface area (Å²) in [5, 5.41) is 25.8. The number of rotatable bonds is 8. The topological polar surface area (TPSA) is 142 Å².